The van der Waals surface area contributed by atoms with Crippen LogP contribution in [0, 0.1) is 11.8 Å². The van der Waals surface area contributed by atoms with Crippen LogP contribution in [0.2, 0.25) is 0 Å². The van der Waals surface area contributed by atoms with Crippen molar-refractivity contribution in [1.29, 1.82) is 0 Å². The van der Waals surface area contributed by atoms with Gasteiger partial charge in [0, 0.05) is 13.1 Å². The number of carbonyl (C=O) groups is 1. The summed E-state index contributed by atoms with van der Waals surface area (Å²) in [6.45, 7) is 6.22. The molecule has 20 heavy (non-hydrogen) atoms. The first-order valence-corrected chi connectivity index (χ1v) is 8.54. The quantitative estimate of drug-likeness (QED) is 0.929. The molecule has 1 amide bonds. The van der Waals surface area contributed by atoms with Gasteiger partial charge in [0.2, 0.25) is 0 Å². The molecule has 3 rings (SSSR count). The summed E-state index contributed by atoms with van der Waals surface area (Å²) in [5.41, 5.74) is 0. The van der Waals surface area contributed by atoms with Gasteiger partial charge in [-0.05, 0) is 50.6 Å². The third kappa shape index (κ3) is 2.88. The number of aromatic nitrogens is 1. The number of nitrogens with zero attached hydrogens (tertiary/aromatic N) is 2. The first-order valence-electron chi connectivity index (χ1n) is 7.72. The molecule has 2 saturated heterocycles. The van der Waals surface area contributed by atoms with Gasteiger partial charge in [-0.3, -0.25) is 4.79 Å². The van der Waals surface area contributed by atoms with Gasteiger partial charge in [0.1, 0.15) is 4.88 Å². The van der Waals surface area contributed by atoms with Crippen LogP contribution in [-0.4, -0.2) is 42.0 Å². The van der Waals surface area contributed by atoms with Crippen molar-refractivity contribution in [3.63, 3.8) is 0 Å². The molecule has 5 heteroatoms. The van der Waals surface area contributed by atoms with Gasteiger partial charge in [-0.1, -0.05) is 6.92 Å². The molecule has 4 nitrogen and oxygen atoms in total. The Labute approximate surface area is 124 Å². The average molecular weight is 293 g/mol. The molecule has 1 N–H and O–H groups in total. The van der Waals surface area contributed by atoms with E-state index in [0.29, 0.717) is 0 Å². The number of aryl methyl sites for hydroxylation is 1. The van der Waals surface area contributed by atoms with E-state index in [9.17, 15) is 4.79 Å². The third-order valence-corrected chi connectivity index (χ3v) is 5.58. The molecule has 0 radical (unpaired) electrons. The molecule has 3 heterocycles. The van der Waals surface area contributed by atoms with Gasteiger partial charge < -0.3 is 10.2 Å². The summed E-state index contributed by atoms with van der Waals surface area (Å²) in [5.74, 6) is 1.73. The summed E-state index contributed by atoms with van der Waals surface area (Å²) in [6.07, 6.45) is 6.12. The lowest BCUT2D eigenvalue weighted by molar-refractivity contribution is 0.0763. The maximum atomic E-state index is 12.6. The molecule has 2 aliphatic heterocycles. The predicted molar refractivity (Wildman–Crippen MR) is 81.1 cm³/mol. The van der Waals surface area contributed by atoms with Gasteiger partial charge in [-0.15, -0.1) is 11.3 Å². The van der Waals surface area contributed by atoms with Gasteiger partial charge in [0.15, 0.2) is 0 Å². The van der Waals surface area contributed by atoms with Crippen LogP contribution in [0.25, 0.3) is 0 Å². The van der Waals surface area contributed by atoms with E-state index in [4.69, 9.17) is 0 Å². The second kappa shape index (κ2) is 6.22. The highest BCUT2D eigenvalue weighted by Gasteiger charge is 2.32. The first-order chi connectivity index (χ1) is 9.78. The molecule has 0 spiro atoms. The maximum absolute atomic E-state index is 12.6. The zero-order valence-electron chi connectivity index (χ0n) is 12.1. The Kier molecular flexibility index (Phi) is 4.36. The highest BCUT2D eigenvalue weighted by atomic mass is 32.1. The molecule has 1 aromatic rings. The number of carbonyl (C=O) groups excluding carboxylic acids is 1. The zero-order valence-corrected chi connectivity index (χ0v) is 12.9. The average Bonchev–Trinajstić information content (AvgIpc) is 3.05. The Bertz CT molecular complexity index is 459. The van der Waals surface area contributed by atoms with Crippen LogP contribution in [0.5, 0.6) is 0 Å². The van der Waals surface area contributed by atoms with Gasteiger partial charge >= 0.3 is 0 Å². The zero-order chi connectivity index (χ0) is 13.9. The SMILES string of the molecule is CCCc1ncc(C(=O)N2CC[C@@H]3CNC[C@@H]3CC2)s1. The van der Waals surface area contributed by atoms with Crippen molar-refractivity contribution < 1.29 is 4.79 Å². The molecule has 0 aliphatic carbocycles. The predicted octanol–water partition coefficient (Wildman–Crippen LogP) is 2.17. The van der Waals surface area contributed by atoms with E-state index < -0.39 is 0 Å². The summed E-state index contributed by atoms with van der Waals surface area (Å²) in [4.78, 5) is 19.8. The van der Waals surface area contributed by atoms with Crippen molar-refractivity contribution in [2.24, 2.45) is 11.8 Å². The Morgan fingerprint density at radius 2 is 2.10 bits per heavy atom. The summed E-state index contributed by atoms with van der Waals surface area (Å²) in [5, 5.41) is 4.56. The number of hydrogen-bond donors (Lipinski definition) is 1. The van der Waals surface area contributed by atoms with Crippen LogP contribution in [0.3, 0.4) is 0 Å². The molecule has 0 unspecified atom stereocenters. The highest BCUT2D eigenvalue weighted by molar-refractivity contribution is 7.13. The fourth-order valence-corrected chi connectivity index (χ4v) is 4.30. The van der Waals surface area contributed by atoms with E-state index >= 15 is 0 Å². The number of nitrogens with one attached hydrogen (secondary N) is 1. The van der Waals surface area contributed by atoms with Gasteiger partial charge in [0.25, 0.3) is 5.91 Å². The van der Waals surface area contributed by atoms with Crippen LogP contribution in [0.1, 0.15) is 40.9 Å². The molecule has 0 saturated carbocycles. The number of amides is 1. The van der Waals surface area contributed by atoms with Crippen molar-refractivity contribution >= 4 is 17.2 Å². The number of thiazole rings is 1. The molecule has 0 aromatic carbocycles. The number of likely N-dealkylation sites (tertiary alicyclic amines) is 1. The Balaban J connectivity index is 1.64. The minimum atomic E-state index is 0.192. The third-order valence-electron chi connectivity index (χ3n) is 4.53. The summed E-state index contributed by atoms with van der Waals surface area (Å²) in [6, 6.07) is 0. The monoisotopic (exact) mass is 293 g/mol. The summed E-state index contributed by atoms with van der Waals surface area (Å²) >= 11 is 1.57. The molecule has 2 atom stereocenters. The fourth-order valence-electron chi connectivity index (χ4n) is 3.32. The Morgan fingerprint density at radius 3 is 2.75 bits per heavy atom. The molecular formula is C15H23N3OS. The topological polar surface area (TPSA) is 45.2 Å². The van der Waals surface area contributed by atoms with Gasteiger partial charge in [-0.2, -0.15) is 0 Å². The van der Waals surface area contributed by atoms with Crippen molar-refractivity contribution in [2.45, 2.75) is 32.6 Å². The number of fused-ring (bicyclic) bond motifs is 1. The van der Waals surface area contributed by atoms with Gasteiger partial charge in [0.05, 0.1) is 11.2 Å². The number of rotatable bonds is 3. The lowest BCUT2D eigenvalue weighted by Crippen LogP contribution is -2.32. The van der Waals surface area contributed by atoms with Crippen LogP contribution in [0.15, 0.2) is 6.20 Å². The summed E-state index contributed by atoms with van der Waals surface area (Å²) < 4.78 is 0. The minimum Gasteiger partial charge on any atom is -0.338 e. The second-order valence-electron chi connectivity index (χ2n) is 5.92. The lowest BCUT2D eigenvalue weighted by Gasteiger charge is -2.19. The Morgan fingerprint density at radius 1 is 1.40 bits per heavy atom. The molecule has 2 aliphatic rings. The van der Waals surface area contributed by atoms with Gasteiger partial charge in [-0.25, -0.2) is 4.98 Å². The van der Waals surface area contributed by atoms with Crippen LogP contribution in [0.4, 0.5) is 0 Å². The van der Waals surface area contributed by atoms with Crippen molar-refractivity contribution in [2.75, 3.05) is 26.2 Å². The van der Waals surface area contributed by atoms with Crippen molar-refractivity contribution in [3.8, 4) is 0 Å². The van der Waals surface area contributed by atoms with Crippen LogP contribution >= 0.6 is 11.3 Å². The van der Waals surface area contributed by atoms with Crippen LogP contribution < -0.4 is 5.32 Å². The smallest absolute Gasteiger partial charge is 0.265 e. The normalized spacial score (nSPS) is 26.4. The van der Waals surface area contributed by atoms with Crippen LogP contribution in [-0.2, 0) is 6.42 Å². The van der Waals surface area contributed by atoms with E-state index in [1.54, 1.807) is 17.5 Å². The van der Waals surface area contributed by atoms with E-state index in [-0.39, 0.29) is 5.91 Å². The van der Waals surface area contributed by atoms with E-state index in [1.807, 2.05) is 4.90 Å². The second-order valence-corrected chi connectivity index (χ2v) is 7.03. The molecular weight excluding hydrogens is 270 g/mol. The summed E-state index contributed by atoms with van der Waals surface area (Å²) in [7, 11) is 0. The fraction of sp³-hybridized carbons (Fsp3) is 0.733. The molecule has 110 valence electrons. The highest BCUT2D eigenvalue weighted by Crippen LogP contribution is 2.28. The Hall–Kier alpha value is -0.940. The minimum absolute atomic E-state index is 0.192. The number of hydrogen-bond acceptors (Lipinski definition) is 4. The molecule has 0 bridgehead atoms. The molecule has 2 fully saturated rings. The van der Waals surface area contributed by atoms with E-state index in [0.717, 1.165) is 73.6 Å². The molecule has 1 aromatic heterocycles. The maximum Gasteiger partial charge on any atom is 0.265 e. The van der Waals surface area contributed by atoms with E-state index in [1.165, 1.54) is 0 Å². The van der Waals surface area contributed by atoms with E-state index in [2.05, 4.69) is 17.2 Å². The van der Waals surface area contributed by atoms with Crippen molar-refractivity contribution in [1.82, 2.24) is 15.2 Å². The van der Waals surface area contributed by atoms with Crippen molar-refractivity contribution in [3.05, 3.63) is 16.1 Å². The lowest BCUT2D eigenvalue weighted by atomic mass is 9.92. The standard InChI is InChI=1S/C15H23N3OS/c1-2-3-14-17-10-13(20-14)15(19)18-6-4-11-8-16-9-12(11)5-7-18/h10-12,16H,2-9H2,1H3/t11-,12+. The first kappa shape index (κ1) is 14.0. The largest absolute Gasteiger partial charge is 0.338 e.